The summed E-state index contributed by atoms with van der Waals surface area (Å²) in [5.74, 6) is 0.331. The standard InChI is InChI=1S/C17H14BrNO2/c18-11-3-1-2-4-12(11)19-15(20)13-9-5-6-10(14(13)16(19)21)17(9)7-8-17/h1-6,9-10,13-14H,7-8H2/t9-,10-,13-,14-/m0/s1. The molecule has 3 fully saturated rings. The second-order valence-electron chi connectivity index (χ2n) is 6.68. The van der Waals surface area contributed by atoms with E-state index in [1.807, 2.05) is 24.3 Å². The number of para-hydroxylation sites is 1. The summed E-state index contributed by atoms with van der Waals surface area (Å²) in [6.45, 7) is 0. The molecular formula is C17H14BrNO2. The van der Waals surface area contributed by atoms with Crippen LogP contribution in [0.3, 0.4) is 0 Å². The maximum atomic E-state index is 12.9. The van der Waals surface area contributed by atoms with Crippen molar-refractivity contribution in [1.82, 2.24) is 0 Å². The molecule has 0 unspecified atom stereocenters. The topological polar surface area (TPSA) is 37.4 Å². The largest absolute Gasteiger partial charge is 0.274 e. The highest BCUT2D eigenvalue weighted by Crippen LogP contribution is 2.73. The van der Waals surface area contributed by atoms with Crippen molar-refractivity contribution < 1.29 is 9.59 Å². The van der Waals surface area contributed by atoms with Crippen molar-refractivity contribution in [2.75, 3.05) is 4.90 Å². The molecule has 1 aromatic carbocycles. The third-order valence-electron chi connectivity index (χ3n) is 5.95. The average molecular weight is 344 g/mol. The van der Waals surface area contributed by atoms with Crippen LogP contribution in [-0.2, 0) is 9.59 Å². The number of hydrogen-bond donors (Lipinski definition) is 0. The molecule has 1 aromatic rings. The minimum atomic E-state index is -0.123. The number of allylic oxidation sites excluding steroid dienone is 2. The molecule has 4 aliphatic rings. The molecule has 1 saturated heterocycles. The van der Waals surface area contributed by atoms with E-state index in [1.165, 1.54) is 17.7 Å². The SMILES string of the molecule is O=C1[C@@H]2[C@@H](C(=O)N1c1ccccc1Br)[C@@H]1C=C[C@@H]2C12CC2. The highest BCUT2D eigenvalue weighted by molar-refractivity contribution is 9.10. The third kappa shape index (κ3) is 1.26. The molecule has 1 aliphatic heterocycles. The molecule has 2 bridgehead atoms. The Balaban J connectivity index is 1.61. The zero-order chi connectivity index (χ0) is 14.4. The van der Waals surface area contributed by atoms with Gasteiger partial charge in [-0.2, -0.15) is 0 Å². The number of fused-ring (bicyclic) bond motifs is 3. The van der Waals surface area contributed by atoms with Crippen LogP contribution in [0.4, 0.5) is 5.69 Å². The first-order valence-corrected chi connectivity index (χ1v) is 8.25. The summed E-state index contributed by atoms with van der Waals surface area (Å²) < 4.78 is 0.799. The Kier molecular flexibility index (Phi) is 2.12. The van der Waals surface area contributed by atoms with Crippen LogP contribution in [0.5, 0.6) is 0 Å². The maximum Gasteiger partial charge on any atom is 0.238 e. The molecule has 1 spiro atoms. The number of carbonyl (C=O) groups is 2. The summed E-state index contributed by atoms with van der Waals surface area (Å²) in [4.78, 5) is 27.2. The maximum absolute atomic E-state index is 12.9. The number of nitrogens with zero attached hydrogens (tertiary/aromatic N) is 1. The van der Waals surface area contributed by atoms with Gasteiger partial charge in [0, 0.05) is 4.47 Å². The minimum absolute atomic E-state index is 0.0000231. The summed E-state index contributed by atoms with van der Waals surface area (Å²) >= 11 is 3.46. The van der Waals surface area contributed by atoms with E-state index < -0.39 is 0 Å². The van der Waals surface area contributed by atoms with Gasteiger partial charge in [-0.05, 0) is 58.2 Å². The predicted octanol–water partition coefficient (Wildman–Crippen LogP) is 3.15. The van der Waals surface area contributed by atoms with E-state index in [1.54, 1.807) is 0 Å². The molecule has 0 radical (unpaired) electrons. The van der Waals surface area contributed by atoms with Crippen LogP contribution in [0.2, 0.25) is 0 Å². The van der Waals surface area contributed by atoms with Gasteiger partial charge < -0.3 is 0 Å². The lowest BCUT2D eigenvalue weighted by Crippen LogP contribution is -2.34. The van der Waals surface area contributed by atoms with Gasteiger partial charge >= 0.3 is 0 Å². The monoisotopic (exact) mass is 343 g/mol. The van der Waals surface area contributed by atoms with Crippen LogP contribution in [-0.4, -0.2) is 11.8 Å². The Morgan fingerprint density at radius 3 is 2.10 bits per heavy atom. The molecule has 3 nitrogen and oxygen atoms in total. The van der Waals surface area contributed by atoms with Crippen molar-refractivity contribution in [2.45, 2.75) is 12.8 Å². The smallest absolute Gasteiger partial charge is 0.238 e. The molecule has 21 heavy (non-hydrogen) atoms. The number of halogens is 1. The fraction of sp³-hybridized carbons (Fsp3) is 0.412. The van der Waals surface area contributed by atoms with E-state index in [-0.39, 0.29) is 40.9 Å². The highest BCUT2D eigenvalue weighted by atomic mass is 79.9. The molecule has 0 aromatic heterocycles. The lowest BCUT2D eigenvalue weighted by molar-refractivity contribution is -0.123. The molecule has 5 rings (SSSR count). The van der Waals surface area contributed by atoms with E-state index in [0.717, 1.165) is 4.47 Å². The Labute approximate surface area is 131 Å². The van der Waals surface area contributed by atoms with Gasteiger partial charge in [0.2, 0.25) is 11.8 Å². The zero-order valence-corrected chi connectivity index (χ0v) is 12.9. The van der Waals surface area contributed by atoms with Crippen LogP contribution in [0.25, 0.3) is 0 Å². The van der Waals surface area contributed by atoms with Crippen LogP contribution < -0.4 is 4.90 Å². The van der Waals surface area contributed by atoms with E-state index in [4.69, 9.17) is 0 Å². The van der Waals surface area contributed by atoms with Crippen molar-refractivity contribution in [3.05, 3.63) is 40.9 Å². The van der Waals surface area contributed by atoms with Gasteiger partial charge in [-0.15, -0.1) is 0 Å². The number of benzene rings is 1. The first-order valence-electron chi connectivity index (χ1n) is 7.46. The van der Waals surface area contributed by atoms with E-state index in [2.05, 4.69) is 28.1 Å². The molecule has 0 N–H and O–H groups in total. The van der Waals surface area contributed by atoms with Gasteiger partial charge in [0.05, 0.1) is 17.5 Å². The second kappa shape index (κ2) is 3.67. The molecule has 4 heteroatoms. The van der Waals surface area contributed by atoms with Gasteiger partial charge in [0.1, 0.15) is 0 Å². The predicted molar refractivity (Wildman–Crippen MR) is 81.4 cm³/mol. The summed E-state index contributed by atoms with van der Waals surface area (Å²) in [7, 11) is 0. The molecular weight excluding hydrogens is 330 g/mol. The fourth-order valence-corrected chi connectivity index (χ4v) is 5.41. The Morgan fingerprint density at radius 2 is 1.57 bits per heavy atom. The normalized spacial score (nSPS) is 37.7. The fourth-order valence-electron chi connectivity index (χ4n) is 4.95. The quantitative estimate of drug-likeness (QED) is 0.580. The van der Waals surface area contributed by atoms with Gasteiger partial charge in [-0.25, -0.2) is 4.90 Å². The second-order valence-corrected chi connectivity index (χ2v) is 7.54. The number of amides is 2. The number of imide groups is 1. The van der Waals surface area contributed by atoms with Crippen LogP contribution in [0.1, 0.15) is 12.8 Å². The van der Waals surface area contributed by atoms with E-state index >= 15 is 0 Å². The van der Waals surface area contributed by atoms with Gasteiger partial charge in [0.15, 0.2) is 0 Å². The van der Waals surface area contributed by atoms with E-state index in [9.17, 15) is 9.59 Å². The third-order valence-corrected chi connectivity index (χ3v) is 6.62. The molecule has 106 valence electrons. The van der Waals surface area contributed by atoms with Crippen molar-refractivity contribution in [2.24, 2.45) is 29.1 Å². The lowest BCUT2D eigenvalue weighted by Gasteiger charge is -2.22. The molecule has 2 saturated carbocycles. The summed E-state index contributed by atoms with van der Waals surface area (Å²) in [6.07, 6.45) is 6.76. The highest BCUT2D eigenvalue weighted by Gasteiger charge is 2.73. The number of rotatable bonds is 1. The number of hydrogen-bond acceptors (Lipinski definition) is 2. The summed E-state index contributed by atoms with van der Waals surface area (Å²) in [5.41, 5.74) is 0.951. The van der Waals surface area contributed by atoms with Crippen LogP contribution >= 0.6 is 15.9 Å². The van der Waals surface area contributed by atoms with Crippen LogP contribution in [0.15, 0.2) is 40.9 Å². The van der Waals surface area contributed by atoms with Gasteiger partial charge in [-0.1, -0.05) is 24.3 Å². The first-order chi connectivity index (χ1) is 10.1. The van der Waals surface area contributed by atoms with Gasteiger partial charge in [0.25, 0.3) is 0 Å². The van der Waals surface area contributed by atoms with Crippen molar-refractivity contribution in [3.8, 4) is 0 Å². The minimum Gasteiger partial charge on any atom is -0.274 e. The van der Waals surface area contributed by atoms with E-state index in [0.29, 0.717) is 5.69 Å². The lowest BCUT2D eigenvalue weighted by atomic mass is 9.85. The number of anilines is 1. The first kappa shape index (κ1) is 12.2. The summed E-state index contributed by atoms with van der Waals surface area (Å²) in [5, 5.41) is 0. The van der Waals surface area contributed by atoms with Gasteiger partial charge in [-0.3, -0.25) is 9.59 Å². The molecule has 3 aliphatic carbocycles. The molecule has 4 atom stereocenters. The number of carbonyl (C=O) groups excluding carboxylic acids is 2. The Morgan fingerprint density at radius 1 is 1.00 bits per heavy atom. The summed E-state index contributed by atoms with van der Waals surface area (Å²) in [6, 6.07) is 7.47. The molecule has 1 heterocycles. The average Bonchev–Trinajstić information content (AvgIpc) is 3.07. The van der Waals surface area contributed by atoms with Crippen molar-refractivity contribution in [1.29, 1.82) is 0 Å². The van der Waals surface area contributed by atoms with Crippen LogP contribution in [0, 0.1) is 29.1 Å². The zero-order valence-electron chi connectivity index (χ0n) is 11.3. The van der Waals surface area contributed by atoms with Crippen molar-refractivity contribution >= 4 is 33.4 Å². The Hall–Kier alpha value is -1.42. The van der Waals surface area contributed by atoms with Crippen molar-refractivity contribution in [3.63, 3.8) is 0 Å². The Bertz CT molecular complexity index is 687. The molecule has 2 amide bonds.